The molecule has 2 aliphatic carbocycles. The normalized spacial score (nSPS) is 30.2. The van der Waals surface area contributed by atoms with Crippen molar-refractivity contribution in [3.8, 4) is 0 Å². The first-order valence-electron chi connectivity index (χ1n) is 9.47. The second-order valence-corrected chi connectivity index (χ2v) is 7.84. The van der Waals surface area contributed by atoms with E-state index in [1.165, 1.54) is 16.6 Å². The van der Waals surface area contributed by atoms with E-state index < -0.39 is 48.0 Å². The van der Waals surface area contributed by atoms with Gasteiger partial charge in [-0.15, -0.1) is 0 Å². The third-order valence-electron chi connectivity index (χ3n) is 6.03. The zero-order valence-corrected chi connectivity index (χ0v) is 15.7. The van der Waals surface area contributed by atoms with Crippen LogP contribution in [0.25, 0.3) is 11.8 Å². The number of aromatic amines is 1. The standard InChI is InChI=1S/C18H22F4N4O3/c1-29-15-13-10(16(27)24-17(28)26(13)9-2-3-9)4-12(19)14(15)25-6-8(5-23)11(7-25)18(20,21)22/h4,8-9,11-12,14H,2-3,5-7,23H2,1H3,(H,24,27,28). The Morgan fingerprint density at radius 1 is 1.28 bits per heavy atom. The van der Waals surface area contributed by atoms with Crippen molar-refractivity contribution in [2.45, 2.75) is 37.3 Å². The number of alkyl halides is 4. The van der Waals surface area contributed by atoms with Gasteiger partial charge in [0, 0.05) is 19.1 Å². The number of hydrogen-bond donors (Lipinski definition) is 2. The summed E-state index contributed by atoms with van der Waals surface area (Å²) in [5.41, 5.74) is 4.17. The summed E-state index contributed by atoms with van der Waals surface area (Å²) in [5, 5.41) is 0.126. The molecule has 2 heterocycles. The highest BCUT2D eigenvalue weighted by Gasteiger charge is 2.52. The van der Waals surface area contributed by atoms with Crippen LogP contribution in [0.1, 0.15) is 18.9 Å². The number of rotatable bonds is 4. The van der Waals surface area contributed by atoms with E-state index >= 15 is 4.39 Å². The van der Waals surface area contributed by atoms with Crippen LogP contribution in [0.2, 0.25) is 0 Å². The third-order valence-corrected chi connectivity index (χ3v) is 6.03. The van der Waals surface area contributed by atoms with Gasteiger partial charge in [0.2, 0.25) is 0 Å². The van der Waals surface area contributed by atoms with E-state index in [-0.39, 0.29) is 35.5 Å². The highest BCUT2D eigenvalue weighted by Crippen LogP contribution is 2.39. The SMILES string of the molecule is COC1=c2c(c(=O)[nH]c(=O)n2C2CC2)=CC(F)C1N1CC(CN)C(C(F)(F)F)C1. The molecule has 4 atom stereocenters. The van der Waals surface area contributed by atoms with Crippen molar-refractivity contribution in [3.05, 3.63) is 31.4 Å². The molecule has 1 aromatic heterocycles. The van der Waals surface area contributed by atoms with E-state index in [1.54, 1.807) is 0 Å². The molecule has 11 heteroatoms. The molecule has 4 unspecified atom stereocenters. The Bertz CT molecular complexity index is 1040. The summed E-state index contributed by atoms with van der Waals surface area (Å²) in [4.78, 5) is 28.2. The number of aromatic nitrogens is 2. The maximum atomic E-state index is 15.1. The van der Waals surface area contributed by atoms with E-state index in [9.17, 15) is 22.8 Å². The lowest BCUT2D eigenvalue weighted by Gasteiger charge is -2.33. The molecule has 1 saturated carbocycles. The number of ether oxygens (including phenoxy) is 1. The minimum Gasteiger partial charge on any atom is -0.497 e. The molecule has 0 aromatic carbocycles. The van der Waals surface area contributed by atoms with Crippen LogP contribution in [0, 0.1) is 11.8 Å². The molecule has 0 radical (unpaired) electrons. The van der Waals surface area contributed by atoms with Crippen molar-refractivity contribution in [3.63, 3.8) is 0 Å². The van der Waals surface area contributed by atoms with Gasteiger partial charge in [0.1, 0.15) is 18.0 Å². The van der Waals surface area contributed by atoms with Gasteiger partial charge in [0.15, 0.2) is 0 Å². The average Bonchev–Trinajstić information content (AvgIpc) is 3.37. The fourth-order valence-electron chi connectivity index (χ4n) is 4.51. The van der Waals surface area contributed by atoms with Crippen LogP contribution in [0.4, 0.5) is 17.6 Å². The Hall–Kier alpha value is -2.14. The summed E-state index contributed by atoms with van der Waals surface area (Å²) < 4.78 is 62.2. The number of nitrogens with one attached hydrogen (secondary N) is 1. The molecule has 29 heavy (non-hydrogen) atoms. The smallest absolute Gasteiger partial charge is 0.393 e. The van der Waals surface area contributed by atoms with E-state index in [1.807, 2.05) is 0 Å². The topological polar surface area (TPSA) is 93.3 Å². The van der Waals surface area contributed by atoms with Crippen molar-refractivity contribution in [2.75, 3.05) is 26.7 Å². The van der Waals surface area contributed by atoms with Gasteiger partial charge in [-0.3, -0.25) is 19.2 Å². The fourth-order valence-corrected chi connectivity index (χ4v) is 4.51. The highest BCUT2D eigenvalue weighted by atomic mass is 19.4. The molecule has 3 N–H and O–H groups in total. The van der Waals surface area contributed by atoms with E-state index in [0.29, 0.717) is 12.8 Å². The van der Waals surface area contributed by atoms with Crippen LogP contribution in [0.15, 0.2) is 9.59 Å². The molecule has 0 bridgehead atoms. The summed E-state index contributed by atoms with van der Waals surface area (Å²) in [5.74, 6) is -2.54. The molecule has 0 amide bonds. The molecule has 160 valence electrons. The minimum atomic E-state index is -4.46. The lowest BCUT2D eigenvalue weighted by molar-refractivity contribution is -0.179. The van der Waals surface area contributed by atoms with Crippen LogP contribution in [-0.2, 0) is 4.74 Å². The molecule has 2 fully saturated rings. The van der Waals surface area contributed by atoms with E-state index in [2.05, 4.69) is 4.98 Å². The van der Waals surface area contributed by atoms with Gasteiger partial charge >= 0.3 is 11.9 Å². The monoisotopic (exact) mass is 418 g/mol. The summed E-state index contributed by atoms with van der Waals surface area (Å²) in [6.45, 7) is -0.665. The van der Waals surface area contributed by atoms with Crippen LogP contribution >= 0.6 is 0 Å². The molecular weight excluding hydrogens is 396 g/mol. The lowest BCUT2D eigenvalue weighted by atomic mass is 9.96. The lowest BCUT2D eigenvalue weighted by Crippen LogP contribution is -2.60. The first-order chi connectivity index (χ1) is 13.7. The first kappa shape index (κ1) is 20.1. The number of H-pyrrole nitrogens is 1. The summed E-state index contributed by atoms with van der Waals surface area (Å²) >= 11 is 0. The fraction of sp³-hybridized carbons (Fsp3) is 0.667. The maximum absolute atomic E-state index is 15.1. The molecule has 3 aliphatic rings. The molecule has 7 nitrogen and oxygen atoms in total. The minimum absolute atomic E-state index is 0.00342. The second kappa shape index (κ2) is 6.98. The Labute approximate surface area is 162 Å². The molecular formula is C18H22F4N4O3. The second-order valence-electron chi connectivity index (χ2n) is 7.84. The van der Waals surface area contributed by atoms with Gasteiger partial charge in [-0.2, -0.15) is 13.2 Å². The highest BCUT2D eigenvalue weighted by molar-refractivity contribution is 5.53. The summed E-state index contributed by atoms with van der Waals surface area (Å²) in [6.07, 6.45) is -3.73. The quantitative estimate of drug-likeness (QED) is 0.625. The van der Waals surface area contributed by atoms with Gasteiger partial charge in [-0.25, -0.2) is 9.18 Å². The number of nitrogens with zero attached hydrogens (tertiary/aromatic N) is 2. The van der Waals surface area contributed by atoms with Crippen molar-refractivity contribution < 1.29 is 22.3 Å². The number of likely N-dealkylation sites (tertiary alicyclic amines) is 1. The van der Waals surface area contributed by atoms with Crippen LogP contribution < -0.4 is 27.6 Å². The van der Waals surface area contributed by atoms with E-state index in [4.69, 9.17) is 10.5 Å². The zero-order valence-electron chi connectivity index (χ0n) is 15.7. The molecule has 1 saturated heterocycles. The van der Waals surface area contributed by atoms with E-state index in [0.717, 1.165) is 6.08 Å². The van der Waals surface area contributed by atoms with Crippen molar-refractivity contribution in [1.82, 2.24) is 14.5 Å². The van der Waals surface area contributed by atoms with Crippen LogP contribution in [0.3, 0.4) is 0 Å². The molecule has 1 aromatic rings. The van der Waals surface area contributed by atoms with Gasteiger partial charge in [0.25, 0.3) is 5.56 Å². The third kappa shape index (κ3) is 3.29. The molecule has 4 rings (SSSR count). The number of hydrogen-bond acceptors (Lipinski definition) is 5. The van der Waals surface area contributed by atoms with Gasteiger partial charge in [0.05, 0.1) is 23.6 Å². The van der Waals surface area contributed by atoms with Gasteiger partial charge < -0.3 is 10.5 Å². The number of methoxy groups -OCH3 is 1. The Kier molecular flexibility index (Phi) is 4.85. The maximum Gasteiger partial charge on any atom is 0.393 e. The predicted molar refractivity (Wildman–Crippen MR) is 96.1 cm³/mol. The largest absolute Gasteiger partial charge is 0.497 e. The van der Waals surface area contributed by atoms with Crippen molar-refractivity contribution >= 4 is 11.8 Å². The van der Waals surface area contributed by atoms with Crippen molar-refractivity contribution in [1.29, 1.82) is 0 Å². The molecule has 0 spiro atoms. The van der Waals surface area contributed by atoms with Crippen LogP contribution in [-0.4, -0.2) is 59.6 Å². The zero-order chi connectivity index (χ0) is 21.1. The van der Waals surface area contributed by atoms with Gasteiger partial charge in [-0.05, 0) is 31.4 Å². The number of halogens is 4. The number of nitrogens with two attached hydrogens (primary N) is 1. The predicted octanol–water partition coefficient (Wildman–Crippen LogP) is -0.804. The summed E-state index contributed by atoms with van der Waals surface area (Å²) in [6, 6.07) is -1.32. The summed E-state index contributed by atoms with van der Waals surface area (Å²) in [7, 11) is 1.27. The molecule has 1 aliphatic heterocycles. The van der Waals surface area contributed by atoms with Crippen molar-refractivity contribution in [2.24, 2.45) is 17.6 Å². The Morgan fingerprint density at radius 3 is 2.48 bits per heavy atom. The first-order valence-corrected chi connectivity index (χ1v) is 9.47. The van der Waals surface area contributed by atoms with Crippen LogP contribution in [0.5, 0.6) is 0 Å². The average molecular weight is 418 g/mol. The number of fused-ring (bicyclic) bond motifs is 1. The Morgan fingerprint density at radius 2 is 1.97 bits per heavy atom. The Balaban J connectivity index is 1.88. The van der Waals surface area contributed by atoms with Gasteiger partial charge in [-0.1, -0.05) is 0 Å².